The van der Waals surface area contributed by atoms with Crippen molar-refractivity contribution in [3.8, 4) is 5.75 Å². The number of carbonyl (C=O) groups excluding carboxylic acids is 2. The molecule has 1 fully saturated rings. The number of hydrogen-bond donors (Lipinski definition) is 3. The van der Waals surface area contributed by atoms with Crippen molar-refractivity contribution in [1.82, 2.24) is 5.32 Å². The molecule has 1 aliphatic rings. The zero-order valence-corrected chi connectivity index (χ0v) is 14.7. The number of nitrogens with two attached hydrogens (primary N) is 1. The van der Waals surface area contributed by atoms with Crippen molar-refractivity contribution in [2.45, 2.75) is 38.6 Å². The second kappa shape index (κ2) is 10.2. The first-order chi connectivity index (χ1) is 11.1. The van der Waals surface area contributed by atoms with E-state index in [9.17, 15) is 9.59 Å². The van der Waals surface area contributed by atoms with Gasteiger partial charge in [0.25, 0.3) is 0 Å². The van der Waals surface area contributed by atoms with Crippen molar-refractivity contribution in [2.24, 2.45) is 11.7 Å². The summed E-state index contributed by atoms with van der Waals surface area (Å²) >= 11 is 0. The largest absolute Gasteiger partial charge is 0.494 e. The molecule has 1 aromatic rings. The van der Waals surface area contributed by atoms with Crippen molar-refractivity contribution >= 4 is 29.9 Å². The normalized spacial score (nSPS) is 19.8. The van der Waals surface area contributed by atoms with Crippen LogP contribution in [0.25, 0.3) is 0 Å². The van der Waals surface area contributed by atoms with Gasteiger partial charge >= 0.3 is 0 Å². The molecule has 134 valence electrons. The summed E-state index contributed by atoms with van der Waals surface area (Å²) in [5.41, 5.74) is 6.56. The minimum absolute atomic E-state index is 0. The van der Waals surface area contributed by atoms with E-state index in [1.54, 1.807) is 24.3 Å². The quantitative estimate of drug-likeness (QED) is 0.728. The SMILES string of the molecule is CCOc1ccc(NC(=O)CNC(=O)C2CCCC(N)C2)cc1.Cl. The van der Waals surface area contributed by atoms with E-state index in [2.05, 4.69) is 10.6 Å². The number of carbonyl (C=O) groups is 2. The average molecular weight is 356 g/mol. The summed E-state index contributed by atoms with van der Waals surface area (Å²) in [5, 5.41) is 5.44. The molecule has 4 N–H and O–H groups in total. The maximum atomic E-state index is 12.1. The lowest BCUT2D eigenvalue weighted by Crippen LogP contribution is -2.40. The molecule has 2 amide bonds. The van der Waals surface area contributed by atoms with E-state index in [-0.39, 0.29) is 42.7 Å². The smallest absolute Gasteiger partial charge is 0.243 e. The Bertz CT molecular complexity index is 536. The first kappa shape index (κ1) is 20.3. The monoisotopic (exact) mass is 355 g/mol. The number of rotatable bonds is 6. The molecule has 2 atom stereocenters. The molecule has 24 heavy (non-hydrogen) atoms. The van der Waals surface area contributed by atoms with Crippen LogP contribution in [0.4, 0.5) is 5.69 Å². The second-order valence-electron chi connectivity index (χ2n) is 5.85. The third-order valence-electron chi connectivity index (χ3n) is 3.96. The van der Waals surface area contributed by atoms with Gasteiger partial charge in [0.05, 0.1) is 13.2 Å². The molecule has 0 aromatic heterocycles. The van der Waals surface area contributed by atoms with Crippen LogP contribution in [0.3, 0.4) is 0 Å². The highest BCUT2D eigenvalue weighted by atomic mass is 35.5. The Morgan fingerprint density at radius 1 is 1.25 bits per heavy atom. The van der Waals surface area contributed by atoms with Gasteiger partial charge in [0.1, 0.15) is 5.75 Å². The summed E-state index contributed by atoms with van der Waals surface area (Å²) in [4.78, 5) is 23.9. The van der Waals surface area contributed by atoms with E-state index in [1.807, 2.05) is 6.92 Å². The van der Waals surface area contributed by atoms with Gasteiger partial charge in [-0.25, -0.2) is 0 Å². The number of nitrogens with one attached hydrogen (secondary N) is 2. The average Bonchev–Trinajstić information content (AvgIpc) is 2.55. The van der Waals surface area contributed by atoms with Gasteiger partial charge in [-0.05, 0) is 50.5 Å². The fourth-order valence-corrected chi connectivity index (χ4v) is 2.78. The number of anilines is 1. The molecule has 0 saturated heterocycles. The maximum absolute atomic E-state index is 12.1. The molecule has 7 heteroatoms. The molecule has 1 saturated carbocycles. The maximum Gasteiger partial charge on any atom is 0.243 e. The molecule has 0 spiro atoms. The Balaban J connectivity index is 0.00000288. The van der Waals surface area contributed by atoms with Crippen molar-refractivity contribution in [3.05, 3.63) is 24.3 Å². The van der Waals surface area contributed by atoms with Gasteiger partial charge < -0.3 is 21.1 Å². The fourth-order valence-electron chi connectivity index (χ4n) is 2.78. The van der Waals surface area contributed by atoms with E-state index in [4.69, 9.17) is 10.5 Å². The van der Waals surface area contributed by atoms with E-state index in [0.717, 1.165) is 25.0 Å². The number of halogens is 1. The molecular weight excluding hydrogens is 330 g/mol. The third-order valence-corrected chi connectivity index (χ3v) is 3.96. The number of hydrogen-bond acceptors (Lipinski definition) is 4. The van der Waals surface area contributed by atoms with Gasteiger partial charge in [-0.2, -0.15) is 0 Å². The lowest BCUT2D eigenvalue weighted by atomic mass is 9.85. The Labute approximate surface area is 148 Å². The first-order valence-electron chi connectivity index (χ1n) is 8.14. The standard InChI is InChI=1S/C17H25N3O3.ClH/c1-2-23-15-8-6-14(7-9-15)20-16(21)11-19-17(22)12-4-3-5-13(18)10-12;/h6-9,12-13H,2-5,10-11,18H2,1H3,(H,19,22)(H,20,21);1H. The van der Waals surface area contributed by atoms with E-state index < -0.39 is 0 Å². The van der Waals surface area contributed by atoms with Gasteiger partial charge in [0.15, 0.2) is 0 Å². The second-order valence-corrected chi connectivity index (χ2v) is 5.85. The van der Waals surface area contributed by atoms with Gasteiger partial charge in [0.2, 0.25) is 11.8 Å². The van der Waals surface area contributed by atoms with Crippen LogP contribution < -0.4 is 21.1 Å². The highest BCUT2D eigenvalue weighted by Gasteiger charge is 2.25. The van der Waals surface area contributed by atoms with E-state index >= 15 is 0 Å². The molecule has 2 rings (SSSR count). The van der Waals surface area contributed by atoms with Crippen LogP contribution in [0.5, 0.6) is 5.75 Å². The van der Waals surface area contributed by atoms with Crippen LogP contribution in [-0.4, -0.2) is 31.0 Å². The molecular formula is C17H26ClN3O3. The topological polar surface area (TPSA) is 93.5 Å². The van der Waals surface area contributed by atoms with Crippen LogP contribution in [0.2, 0.25) is 0 Å². The first-order valence-corrected chi connectivity index (χ1v) is 8.14. The molecule has 0 bridgehead atoms. The van der Waals surface area contributed by atoms with Crippen molar-refractivity contribution < 1.29 is 14.3 Å². The van der Waals surface area contributed by atoms with Crippen LogP contribution >= 0.6 is 12.4 Å². The van der Waals surface area contributed by atoms with Gasteiger partial charge in [-0.3, -0.25) is 9.59 Å². The van der Waals surface area contributed by atoms with Crippen LogP contribution in [-0.2, 0) is 9.59 Å². The summed E-state index contributed by atoms with van der Waals surface area (Å²) in [5.74, 6) is 0.356. The van der Waals surface area contributed by atoms with Crippen LogP contribution in [0.1, 0.15) is 32.6 Å². The van der Waals surface area contributed by atoms with Crippen molar-refractivity contribution in [3.63, 3.8) is 0 Å². The minimum Gasteiger partial charge on any atom is -0.494 e. The molecule has 0 aliphatic heterocycles. The summed E-state index contributed by atoms with van der Waals surface area (Å²) in [6.07, 6.45) is 3.49. The van der Waals surface area contributed by atoms with E-state index in [0.29, 0.717) is 18.7 Å². The summed E-state index contributed by atoms with van der Waals surface area (Å²) in [6, 6.07) is 7.22. The van der Waals surface area contributed by atoms with Gasteiger partial charge in [-0.1, -0.05) is 6.42 Å². The molecule has 0 heterocycles. The Hall–Kier alpha value is -1.79. The Kier molecular flexibility index (Phi) is 8.57. The van der Waals surface area contributed by atoms with Gasteiger partial charge in [-0.15, -0.1) is 12.4 Å². The van der Waals surface area contributed by atoms with Crippen LogP contribution in [0, 0.1) is 5.92 Å². The van der Waals surface area contributed by atoms with Gasteiger partial charge in [0, 0.05) is 17.6 Å². The zero-order chi connectivity index (χ0) is 16.7. The lowest BCUT2D eigenvalue weighted by molar-refractivity contribution is -0.128. The zero-order valence-electron chi connectivity index (χ0n) is 13.9. The molecule has 1 aromatic carbocycles. The minimum atomic E-state index is -0.248. The van der Waals surface area contributed by atoms with Crippen LogP contribution in [0.15, 0.2) is 24.3 Å². The predicted octanol–water partition coefficient (Wildman–Crippen LogP) is 2.08. The molecule has 6 nitrogen and oxygen atoms in total. The molecule has 1 aliphatic carbocycles. The lowest BCUT2D eigenvalue weighted by Gasteiger charge is -2.25. The summed E-state index contributed by atoms with van der Waals surface area (Å²) in [7, 11) is 0. The fraction of sp³-hybridized carbons (Fsp3) is 0.529. The number of benzene rings is 1. The summed E-state index contributed by atoms with van der Waals surface area (Å²) in [6.45, 7) is 2.48. The number of ether oxygens (including phenoxy) is 1. The highest BCUT2D eigenvalue weighted by molar-refractivity contribution is 5.94. The third kappa shape index (κ3) is 6.37. The number of amides is 2. The molecule has 2 unspecified atom stereocenters. The van der Waals surface area contributed by atoms with Crippen molar-refractivity contribution in [2.75, 3.05) is 18.5 Å². The highest BCUT2D eigenvalue weighted by Crippen LogP contribution is 2.23. The molecule has 0 radical (unpaired) electrons. The van der Waals surface area contributed by atoms with Crippen molar-refractivity contribution in [1.29, 1.82) is 0 Å². The summed E-state index contributed by atoms with van der Waals surface area (Å²) < 4.78 is 5.34. The Morgan fingerprint density at radius 3 is 2.58 bits per heavy atom. The predicted molar refractivity (Wildman–Crippen MR) is 96.4 cm³/mol. The van der Waals surface area contributed by atoms with E-state index in [1.165, 1.54) is 0 Å². The Morgan fingerprint density at radius 2 is 1.96 bits per heavy atom.